The summed E-state index contributed by atoms with van der Waals surface area (Å²) in [5.41, 5.74) is 4.15. The standard InChI is InChI=1S/C22H28N4O4/c1-15-10-16(6-7-17(15)12-23-21(27)30-22(2,3)4)20-19-11-18(29-9-8-28-5)13-26(19)25-14-24-20/h6-7,10-11,13-14H,8-9,12H2,1-5H3,(H,23,27). The summed E-state index contributed by atoms with van der Waals surface area (Å²) in [6.07, 6.45) is 2.91. The van der Waals surface area contributed by atoms with Crippen molar-refractivity contribution in [3.05, 3.63) is 47.9 Å². The number of hydrogen-bond acceptors (Lipinski definition) is 6. The zero-order valence-corrected chi connectivity index (χ0v) is 18.1. The summed E-state index contributed by atoms with van der Waals surface area (Å²) < 4.78 is 17.7. The van der Waals surface area contributed by atoms with Crippen LogP contribution >= 0.6 is 0 Å². The Labute approximate surface area is 176 Å². The van der Waals surface area contributed by atoms with Gasteiger partial charge in [-0.15, -0.1) is 0 Å². The normalized spacial score (nSPS) is 11.5. The fraction of sp³-hybridized carbons (Fsp3) is 0.409. The maximum absolute atomic E-state index is 11.9. The van der Waals surface area contributed by atoms with Crippen LogP contribution in [0.15, 0.2) is 36.8 Å². The number of amides is 1. The van der Waals surface area contributed by atoms with E-state index in [-0.39, 0.29) is 0 Å². The van der Waals surface area contributed by atoms with Crippen LogP contribution < -0.4 is 10.1 Å². The van der Waals surface area contributed by atoms with Gasteiger partial charge in [-0.25, -0.2) is 14.3 Å². The number of aromatic nitrogens is 3. The number of methoxy groups -OCH3 is 1. The van der Waals surface area contributed by atoms with Crippen molar-refractivity contribution >= 4 is 11.6 Å². The van der Waals surface area contributed by atoms with Crippen molar-refractivity contribution in [1.29, 1.82) is 0 Å². The fourth-order valence-corrected chi connectivity index (χ4v) is 2.97. The Morgan fingerprint density at radius 3 is 2.70 bits per heavy atom. The number of nitrogens with one attached hydrogen (secondary N) is 1. The number of rotatable bonds is 7. The predicted octanol–water partition coefficient (Wildman–Crippen LogP) is 3.75. The van der Waals surface area contributed by atoms with Crippen LogP contribution in [-0.2, 0) is 16.0 Å². The largest absolute Gasteiger partial charge is 0.489 e. The maximum Gasteiger partial charge on any atom is 0.407 e. The molecule has 0 spiro atoms. The number of fused-ring (bicyclic) bond motifs is 1. The number of carbonyl (C=O) groups excluding carboxylic acids is 1. The molecule has 8 nitrogen and oxygen atoms in total. The van der Waals surface area contributed by atoms with E-state index in [4.69, 9.17) is 14.2 Å². The third-order valence-corrected chi connectivity index (χ3v) is 4.38. The monoisotopic (exact) mass is 412 g/mol. The van der Waals surface area contributed by atoms with Crippen molar-refractivity contribution in [3.8, 4) is 17.0 Å². The second-order valence-corrected chi connectivity index (χ2v) is 7.95. The van der Waals surface area contributed by atoms with Crippen molar-refractivity contribution in [3.63, 3.8) is 0 Å². The summed E-state index contributed by atoms with van der Waals surface area (Å²) in [7, 11) is 1.64. The summed E-state index contributed by atoms with van der Waals surface area (Å²) in [5, 5.41) is 7.06. The lowest BCUT2D eigenvalue weighted by molar-refractivity contribution is 0.0523. The number of carbonyl (C=O) groups is 1. The molecule has 3 rings (SSSR count). The molecule has 1 aromatic carbocycles. The summed E-state index contributed by atoms with van der Waals surface area (Å²) in [6, 6.07) is 7.94. The summed E-state index contributed by atoms with van der Waals surface area (Å²) in [5.74, 6) is 0.712. The van der Waals surface area contributed by atoms with Gasteiger partial charge in [-0.2, -0.15) is 5.10 Å². The first kappa shape index (κ1) is 21.6. The van der Waals surface area contributed by atoms with Crippen LogP contribution in [0.2, 0.25) is 0 Å². The van der Waals surface area contributed by atoms with Gasteiger partial charge in [0.25, 0.3) is 0 Å². The summed E-state index contributed by atoms with van der Waals surface area (Å²) in [4.78, 5) is 16.4. The highest BCUT2D eigenvalue weighted by Crippen LogP contribution is 2.27. The van der Waals surface area contributed by atoms with Gasteiger partial charge in [-0.05, 0) is 44.9 Å². The Balaban J connectivity index is 1.77. The Morgan fingerprint density at radius 2 is 2.00 bits per heavy atom. The molecule has 3 aromatic rings. The second-order valence-electron chi connectivity index (χ2n) is 7.95. The van der Waals surface area contributed by atoms with Gasteiger partial charge in [-0.1, -0.05) is 12.1 Å². The molecule has 0 saturated carbocycles. The van der Waals surface area contributed by atoms with E-state index in [1.54, 1.807) is 11.6 Å². The van der Waals surface area contributed by atoms with Crippen molar-refractivity contribution in [2.45, 2.75) is 39.8 Å². The molecule has 0 atom stereocenters. The van der Waals surface area contributed by atoms with E-state index in [2.05, 4.69) is 15.4 Å². The molecule has 2 aromatic heterocycles. The number of hydrogen-bond donors (Lipinski definition) is 1. The molecule has 0 aliphatic carbocycles. The number of nitrogens with zero attached hydrogens (tertiary/aromatic N) is 3. The van der Waals surface area contributed by atoms with Crippen LogP contribution in [0.3, 0.4) is 0 Å². The average molecular weight is 412 g/mol. The average Bonchev–Trinajstić information content (AvgIpc) is 3.08. The van der Waals surface area contributed by atoms with Crippen molar-refractivity contribution in [2.75, 3.05) is 20.3 Å². The molecule has 1 amide bonds. The van der Waals surface area contributed by atoms with Crippen LogP contribution in [0.5, 0.6) is 5.75 Å². The van der Waals surface area contributed by atoms with Gasteiger partial charge in [0.1, 0.15) is 24.3 Å². The Bertz CT molecular complexity index is 1020. The predicted molar refractivity (Wildman–Crippen MR) is 114 cm³/mol. The van der Waals surface area contributed by atoms with Crippen molar-refractivity contribution in [1.82, 2.24) is 19.9 Å². The molecule has 1 N–H and O–H groups in total. The zero-order chi connectivity index (χ0) is 21.7. The summed E-state index contributed by atoms with van der Waals surface area (Å²) in [6.45, 7) is 8.89. The Morgan fingerprint density at radius 1 is 1.20 bits per heavy atom. The lowest BCUT2D eigenvalue weighted by Crippen LogP contribution is -2.32. The van der Waals surface area contributed by atoms with Gasteiger partial charge in [0.15, 0.2) is 0 Å². The molecule has 160 valence electrons. The van der Waals surface area contributed by atoms with E-state index in [0.717, 1.165) is 27.9 Å². The van der Waals surface area contributed by atoms with E-state index in [0.29, 0.717) is 25.5 Å². The number of benzene rings is 1. The van der Waals surface area contributed by atoms with Crippen molar-refractivity contribution in [2.24, 2.45) is 0 Å². The van der Waals surface area contributed by atoms with Crippen molar-refractivity contribution < 1.29 is 19.0 Å². The third-order valence-electron chi connectivity index (χ3n) is 4.38. The van der Waals surface area contributed by atoms with Gasteiger partial charge >= 0.3 is 6.09 Å². The van der Waals surface area contributed by atoms with E-state index >= 15 is 0 Å². The molecule has 2 heterocycles. The van der Waals surface area contributed by atoms with Crippen LogP contribution in [0, 0.1) is 6.92 Å². The zero-order valence-electron chi connectivity index (χ0n) is 18.1. The minimum atomic E-state index is -0.523. The second kappa shape index (κ2) is 9.13. The minimum absolute atomic E-state index is 0.392. The first-order valence-corrected chi connectivity index (χ1v) is 9.79. The first-order valence-electron chi connectivity index (χ1n) is 9.79. The molecule has 30 heavy (non-hydrogen) atoms. The summed E-state index contributed by atoms with van der Waals surface area (Å²) >= 11 is 0. The van der Waals surface area contributed by atoms with E-state index < -0.39 is 11.7 Å². The molecular formula is C22H28N4O4. The van der Waals surface area contributed by atoms with E-state index in [1.807, 2.05) is 58.2 Å². The van der Waals surface area contributed by atoms with Crippen LogP contribution in [0.25, 0.3) is 16.8 Å². The van der Waals surface area contributed by atoms with Gasteiger partial charge < -0.3 is 19.5 Å². The molecular weight excluding hydrogens is 384 g/mol. The Kier molecular flexibility index (Phi) is 6.56. The maximum atomic E-state index is 11.9. The molecule has 0 aliphatic heterocycles. The molecule has 0 aliphatic rings. The fourth-order valence-electron chi connectivity index (χ4n) is 2.97. The molecule has 0 bridgehead atoms. The highest BCUT2D eigenvalue weighted by Gasteiger charge is 2.16. The number of ether oxygens (including phenoxy) is 3. The SMILES string of the molecule is COCCOc1cc2c(-c3ccc(CNC(=O)OC(C)(C)C)c(C)c3)ncnn2c1. The quantitative estimate of drug-likeness (QED) is 0.595. The van der Waals surface area contributed by atoms with Gasteiger partial charge in [0, 0.05) is 25.3 Å². The van der Waals surface area contributed by atoms with Gasteiger partial charge in [0.05, 0.1) is 24.0 Å². The van der Waals surface area contributed by atoms with Crippen LogP contribution in [-0.4, -0.2) is 46.6 Å². The first-order chi connectivity index (χ1) is 14.3. The third kappa shape index (κ3) is 5.48. The molecule has 0 fully saturated rings. The Hall–Kier alpha value is -3.13. The molecule has 0 radical (unpaired) electrons. The minimum Gasteiger partial charge on any atom is -0.489 e. The van der Waals surface area contributed by atoms with Crippen LogP contribution in [0.1, 0.15) is 31.9 Å². The van der Waals surface area contributed by atoms with E-state index in [9.17, 15) is 4.79 Å². The molecule has 0 unspecified atom stereocenters. The number of aryl methyl sites for hydroxylation is 1. The highest BCUT2D eigenvalue weighted by molar-refractivity contribution is 5.78. The van der Waals surface area contributed by atoms with Gasteiger partial charge in [0.2, 0.25) is 0 Å². The lowest BCUT2D eigenvalue weighted by Gasteiger charge is -2.20. The molecule has 0 saturated heterocycles. The highest BCUT2D eigenvalue weighted by atomic mass is 16.6. The smallest absolute Gasteiger partial charge is 0.407 e. The van der Waals surface area contributed by atoms with E-state index in [1.165, 1.54) is 6.33 Å². The van der Waals surface area contributed by atoms with Crippen LogP contribution in [0.4, 0.5) is 4.79 Å². The topological polar surface area (TPSA) is 87.0 Å². The lowest BCUT2D eigenvalue weighted by atomic mass is 10.0. The number of alkyl carbamates (subject to hydrolysis) is 1. The van der Waals surface area contributed by atoms with Gasteiger partial charge in [-0.3, -0.25) is 0 Å². The molecule has 8 heteroatoms.